The van der Waals surface area contributed by atoms with Crippen LogP contribution in [0, 0.1) is 23.3 Å². The predicted molar refractivity (Wildman–Crippen MR) is 68.2 cm³/mol. The van der Waals surface area contributed by atoms with Gasteiger partial charge in [-0.3, -0.25) is 4.57 Å². The molecular weight excluding hydrogens is 365 g/mol. The van der Waals surface area contributed by atoms with E-state index < -0.39 is 67.6 Å². The predicted octanol–water partition coefficient (Wildman–Crippen LogP) is 2.49. The van der Waals surface area contributed by atoms with Crippen molar-refractivity contribution < 1.29 is 46.2 Å². The summed E-state index contributed by atoms with van der Waals surface area (Å²) in [5, 5.41) is 2.44. The highest BCUT2D eigenvalue weighted by Crippen LogP contribution is 2.33. The molecule has 0 aromatic heterocycles. The molecule has 0 saturated heterocycles. The summed E-state index contributed by atoms with van der Waals surface area (Å²) in [6, 6.07) is 0. The molecule has 0 aliphatic carbocycles. The van der Waals surface area contributed by atoms with Crippen LogP contribution in [0.1, 0.15) is 10.4 Å². The molecule has 0 saturated carbocycles. The minimum atomic E-state index is -4.45. The highest BCUT2D eigenvalue weighted by molar-refractivity contribution is 7.51. The van der Waals surface area contributed by atoms with E-state index in [0.717, 1.165) is 0 Å². The number of azide groups is 1. The number of hydrogen-bond acceptors (Lipinski definition) is 5. The quantitative estimate of drug-likeness (QED) is 0.110. The van der Waals surface area contributed by atoms with Crippen molar-refractivity contribution in [1.82, 2.24) is 0 Å². The van der Waals surface area contributed by atoms with Gasteiger partial charge in [0.05, 0.1) is 6.61 Å². The first-order valence-electron chi connectivity index (χ1n) is 5.80. The maximum absolute atomic E-state index is 13.6. The second-order valence-corrected chi connectivity index (χ2v) is 5.59. The van der Waals surface area contributed by atoms with Crippen LogP contribution in [0.25, 0.3) is 10.4 Å². The minimum absolute atomic E-state index is 0.554. The molecule has 0 fully saturated rings. The van der Waals surface area contributed by atoms with E-state index in [4.69, 9.17) is 15.3 Å². The van der Waals surface area contributed by atoms with E-state index in [-0.39, 0.29) is 0 Å². The van der Waals surface area contributed by atoms with E-state index in [1.54, 1.807) is 0 Å². The molecule has 0 heterocycles. The average molecular weight is 373 g/mol. The van der Waals surface area contributed by atoms with Crippen LogP contribution in [0.15, 0.2) is 5.11 Å². The molecule has 1 aromatic carbocycles. The molecule has 0 aliphatic heterocycles. The van der Waals surface area contributed by atoms with Crippen LogP contribution < -0.4 is 0 Å². The summed E-state index contributed by atoms with van der Waals surface area (Å²) in [4.78, 5) is 30.4. The molecule has 0 spiro atoms. The largest absolute Gasteiger partial charge is 0.459 e. The van der Waals surface area contributed by atoms with Gasteiger partial charge in [-0.25, -0.2) is 22.4 Å². The third-order valence-electron chi connectivity index (χ3n) is 2.31. The van der Waals surface area contributed by atoms with E-state index in [2.05, 4.69) is 14.6 Å². The first-order chi connectivity index (χ1) is 11.1. The number of hydrogen-bond donors (Lipinski definition) is 2. The zero-order valence-electron chi connectivity index (χ0n) is 11.4. The summed E-state index contributed by atoms with van der Waals surface area (Å²) in [6.45, 7) is -1.26. The third kappa shape index (κ3) is 4.91. The number of carbonyl (C=O) groups excluding carboxylic acids is 1. The zero-order chi connectivity index (χ0) is 18.5. The van der Waals surface area contributed by atoms with Crippen molar-refractivity contribution in [3.63, 3.8) is 0 Å². The summed E-state index contributed by atoms with van der Waals surface area (Å²) in [5.74, 6) is -10.2. The standard InChI is InChI=1S/C10H8F4N3O6P/c11-5-4(6(12)8(14)9(7(5)13)16-17-15)10(18)23-2-1-22-3-24(19,20)21/h1-3H2,(H2,19,20,21). The maximum Gasteiger partial charge on any atom is 0.350 e. The molecule has 132 valence electrons. The van der Waals surface area contributed by atoms with Gasteiger partial charge >= 0.3 is 13.6 Å². The van der Waals surface area contributed by atoms with Gasteiger partial charge in [0.2, 0.25) is 0 Å². The summed E-state index contributed by atoms with van der Waals surface area (Å²) >= 11 is 0. The molecule has 24 heavy (non-hydrogen) atoms. The number of esters is 1. The Morgan fingerprint density at radius 2 is 1.67 bits per heavy atom. The molecule has 2 N–H and O–H groups in total. The third-order valence-corrected chi connectivity index (χ3v) is 2.83. The van der Waals surface area contributed by atoms with E-state index >= 15 is 0 Å². The first kappa shape index (κ1) is 19.9. The first-order valence-corrected chi connectivity index (χ1v) is 7.60. The Bertz CT molecular complexity index is 720. The molecule has 0 bridgehead atoms. The number of benzene rings is 1. The molecular formula is C10H8F4N3O6P. The van der Waals surface area contributed by atoms with Crippen LogP contribution in [0.4, 0.5) is 23.2 Å². The molecule has 14 heteroatoms. The Morgan fingerprint density at radius 3 is 2.12 bits per heavy atom. The second-order valence-electron chi connectivity index (χ2n) is 4.01. The smallest absolute Gasteiger partial charge is 0.350 e. The monoisotopic (exact) mass is 373 g/mol. The van der Waals surface area contributed by atoms with Gasteiger partial charge in [-0.05, 0) is 5.53 Å². The number of rotatable bonds is 7. The molecule has 0 radical (unpaired) electrons. The van der Waals surface area contributed by atoms with Crippen LogP contribution in [0.2, 0.25) is 0 Å². The van der Waals surface area contributed by atoms with Crippen LogP contribution in [-0.2, 0) is 14.0 Å². The van der Waals surface area contributed by atoms with Crippen molar-refractivity contribution in [3.8, 4) is 0 Å². The maximum atomic E-state index is 13.6. The fourth-order valence-corrected chi connectivity index (χ4v) is 1.75. The summed E-state index contributed by atoms with van der Waals surface area (Å²) in [5.41, 5.74) is 4.79. The van der Waals surface area contributed by atoms with E-state index in [0.29, 0.717) is 0 Å². The lowest BCUT2D eigenvalue weighted by Crippen LogP contribution is -2.16. The number of nitrogens with zero attached hydrogens (tertiary/aromatic N) is 3. The summed E-state index contributed by atoms with van der Waals surface area (Å²) in [6.07, 6.45) is -0.989. The van der Waals surface area contributed by atoms with Gasteiger partial charge in [0.25, 0.3) is 0 Å². The molecule has 1 rings (SSSR count). The Labute approximate surface area is 130 Å². The molecule has 9 nitrogen and oxygen atoms in total. The van der Waals surface area contributed by atoms with Gasteiger partial charge < -0.3 is 19.3 Å². The fourth-order valence-electron chi connectivity index (χ4n) is 1.38. The van der Waals surface area contributed by atoms with Crippen molar-refractivity contribution in [2.24, 2.45) is 5.11 Å². The Hall–Kier alpha value is -2.17. The van der Waals surface area contributed by atoms with Gasteiger partial charge in [-0.2, -0.15) is 0 Å². The second kappa shape index (κ2) is 8.08. The number of halogens is 4. The lowest BCUT2D eigenvalue weighted by molar-refractivity contribution is 0.0347. The highest BCUT2D eigenvalue weighted by Gasteiger charge is 2.30. The van der Waals surface area contributed by atoms with Crippen molar-refractivity contribution in [2.75, 3.05) is 19.6 Å². The van der Waals surface area contributed by atoms with Gasteiger partial charge in [-0.1, -0.05) is 5.11 Å². The lowest BCUT2D eigenvalue weighted by Gasteiger charge is -2.10. The highest BCUT2D eigenvalue weighted by atomic mass is 31.2. The molecule has 0 amide bonds. The van der Waals surface area contributed by atoms with E-state index in [1.807, 2.05) is 4.91 Å². The van der Waals surface area contributed by atoms with E-state index in [9.17, 15) is 26.9 Å². The number of carbonyl (C=O) groups is 1. The van der Waals surface area contributed by atoms with E-state index in [1.165, 1.54) is 0 Å². The minimum Gasteiger partial charge on any atom is -0.459 e. The SMILES string of the molecule is [N-]=[N+]=Nc1c(F)c(F)c(C(=O)OCCOCP(=O)(O)O)c(F)c1F. The zero-order valence-corrected chi connectivity index (χ0v) is 12.3. The average Bonchev–Trinajstić information content (AvgIpc) is 2.48. The van der Waals surface area contributed by atoms with Crippen molar-refractivity contribution in [1.29, 1.82) is 0 Å². The normalized spacial score (nSPS) is 11.1. The van der Waals surface area contributed by atoms with Gasteiger partial charge in [0.1, 0.15) is 24.2 Å². The molecule has 1 aromatic rings. The van der Waals surface area contributed by atoms with Crippen molar-refractivity contribution in [3.05, 3.63) is 39.3 Å². The van der Waals surface area contributed by atoms with Gasteiger partial charge in [0.15, 0.2) is 23.3 Å². The van der Waals surface area contributed by atoms with Crippen LogP contribution >= 0.6 is 7.60 Å². The molecule has 0 atom stereocenters. The summed E-state index contributed by atoms with van der Waals surface area (Å²) in [7, 11) is -4.45. The van der Waals surface area contributed by atoms with Gasteiger partial charge in [-0.15, -0.1) is 0 Å². The lowest BCUT2D eigenvalue weighted by atomic mass is 10.1. The van der Waals surface area contributed by atoms with Crippen molar-refractivity contribution in [2.45, 2.75) is 0 Å². The fraction of sp³-hybridized carbons (Fsp3) is 0.300. The van der Waals surface area contributed by atoms with Crippen LogP contribution in [0.3, 0.4) is 0 Å². The summed E-state index contributed by atoms with van der Waals surface area (Å²) < 4.78 is 73.3. The van der Waals surface area contributed by atoms with Crippen LogP contribution in [0.5, 0.6) is 0 Å². The Balaban J connectivity index is 2.89. The molecule has 0 aliphatic rings. The number of ether oxygens (including phenoxy) is 2. The van der Waals surface area contributed by atoms with Crippen LogP contribution in [-0.4, -0.2) is 35.3 Å². The Morgan fingerprint density at radius 1 is 1.12 bits per heavy atom. The Kier molecular flexibility index (Phi) is 6.70. The van der Waals surface area contributed by atoms with Crippen molar-refractivity contribution >= 4 is 19.3 Å². The molecule has 0 unspecified atom stereocenters. The topological polar surface area (TPSA) is 142 Å². The van der Waals surface area contributed by atoms with Gasteiger partial charge in [0, 0.05) is 4.91 Å².